The van der Waals surface area contributed by atoms with Gasteiger partial charge in [-0.2, -0.15) is 0 Å². The van der Waals surface area contributed by atoms with Crippen LogP contribution < -0.4 is 20.3 Å². The van der Waals surface area contributed by atoms with Crippen molar-refractivity contribution >= 4 is 22.6 Å². The summed E-state index contributed by atoms with van der Waals surface area (Å²) in [5, 5.41) is 3.69. The van der Waals surface area contributed by atoms with Crippen LogP contribution >= 0.6 is 0 Å². The van der Waals surface area contributed by atoms with Crippen LogP contribution in [-0.4, -0.2) is 39.4 Å². The van der Waals surface area contributed by atoms with E-state index in [-0.39, 0.29) is 17.6 Å². The quantitative estimate of drug-likeness (QED) is 0.674. The molecule has 7 heteroatoms. The predicted molar refractivity (Wildman–Crippen MR) is 112 cm³/mol. The Morgan fingerprint density at radius 3 is 2.70 bits per heavy atom. The molecule has 0 bridgehead atoms. The average Bonchev–Trinajstić information content (AvgIpc) is 3.30. The topological polar surface area (TPSA) is 82.3 Å². The summed E-state index contributed by atoms with van der Waals surface area (Å²) in [6.07, 6.45) is 2.00. The molecule has 1 N–H and O–H groups in total. The number of hydrogen-bond donors (Lipinski definition) is 1. The minimum Gasteiger partial charge on any atom is -0.494 e. The van der Waals surface area contributed by atoms with E-state index in [9.17, 15) is 4.79 Å². The fraction of sp³-hybridized carbons (Fsp3) is 0.304. The number of carbonyl (C=O) groups is 1. The molecule has 7 nitrogen and oxygen atoms in total. The molecule has 2 aromatic carbocycles. The molecule has 1 saturated heterocycles. The van der Waals surface area contributed by atoms with E-state index in [1.807, 2.05) is 24.3 Å². The van der Waals surface area contributed by atoms with Crippen molar-refractivity contribution < 1.29 is 23.4 Å². The van der Waals surface area contributed by atoms with Crippen LogP contribution in [0, 0.1) is 0 Å². The van der Waals surface area contributed by atoms with Crippen molar-refractivity contribution in [3.63, 3.8) is 0 Å². The molecule has 1 aromatic heterocycles. The summed E-state index contributed by atoms with van der Waals surface area (Å²) in [5.74, 6) is 0.876. The Morgan fingerprint density at radius 2 is 1.93 bits per heavy atom. The molecule has 0 saturated carbocycles. The number of carbonyl (C=O) groups excluding carboxylic acids is 1. The zero-order valence-electron chi connectivity index (χ0n) is 17.0. The first-order chi connectivity index (χ1) is 14.7. The van der Waals surface area contributed by atoms with Gasteiger partial charge in [-0.05, 0) is 37.1 Å². The van der Waals surface area contributed by atoms with Gasteiger partial charge < -0.3 is 23.9 Å². The lowest BCUT2D eigenvalue weighted by Gasteiger charge is -2.12. The molecule has 156 valence electrons. The summed E-state index contributed by atoms with van der Waals surface area (Å²) in [6.45, 7) is 1.18. The van der Waals surface area contributed by atoms with Gasteiger partial charge in [-0.1, -0.05) is 24.3 Å². The molecular weight excluding hydrogens is 384 g/mol. The standard InChI is InChI=1S/C23H24N2O5/c1-27-19-10-4-3-9-18(19)25-23-17(22(26)24-14-16-8-6-12-29-16)13-15-7-5-11-20(28-2)21(15)30-23/h3-5,7,9-11,13,16H,6,8,12,14H2,1-2H3,(H,24,26)/t16-/m0/s1. The van der Waals surface area contributed by atoms with Crippen LogP contribution in [-0.2, 0) is 4.74 Å². The van der Waals surface area contributed by atoms with E-state index in [2.05, 4.69) is 10.3 Å². The Labute approximate surface area is 174 Å². The molecule has 3 aromatic rings. The summed E-state index contributed by atoms with van der Waals surface area (Å²) >= 11 is 0. The first-order valence-corrected chi connectivity index (χ1v) is 9.88. The van der Waals surface area contributed by atoms with E-state index in [0.29, 0.717) is 34.9 Å². The summed E-state index contributed by atoms with van der Waals surface area (Å²) in [4.78, 5) is 17.6. The smallest absolute Gasteiger partial charge is 0.256 e. The Kier molecular flexibility index (Phi) is 5.99. The Balaban J connectivity index is 1.81. The highest BCUT2D eigenvalue weighted by Crippen LogP contribution is 2.28. The number of nitrogens with one attached hydrogen (secondary N) is 1. The fourth-order valence-electron chi connectivity index (χ4n) is 3.47. The van der Waals surface area contributed by atoms with Gasteiger partial charge in [-0.3, -0.25) is 4.79 Å². The van der Waals surface area contributed by atoms with Gasteiger partial charge >= 0.3 is 0 Å². The predicted octanol–water partition coefficient (Wildman–Crippen LogP) is 3.59. The highest BCUT2D eigenvalue weighted by molar-refractivity contribution is 5.97. The van der Waals surface area contributed by atoms with Crippen molar-refractivity contribution in [2.45, 2.75) is 18.9 Å². The van der Waals surface area contributed by atoms with Crippen molar-refractivity contribution in [3.8, 4) is 11.5 Å². The molecule has 1 amide bonds. The molecule has 2 heterocycles. The van der Waals surface area contributed by atoms with Gasteiger partial charge in [0, 0.05) is 18.5 Å². The zero-order chi connectivity index (χ0) is 20.9. The highest BCUT2D eigenvalue weighted by Gasteiger charge is 2.19. The lowest BCUT2D eigenvalue weighted by molar-refractivity contribution is 0.0854. The first-order valence-electron chi connectivity index (χ1n) is 9.88. The SMILES string of the molecule is COc1ccccc1N=c1oc2c(OC)cccc2cc1C(=O)NC[C@@H]1CCCO1. The lowest BCUT2D eigenvalue weighted by Crippen LogP contribution is -2.34. The second kappa shape index (κ2) is 9.00. The fourth-order valence-corrected chi connectivity index (χ4v) is 3.47. The zero-order valence-corrected chi connectivity index (χ0v) is 17.0. The van der Waals surface area contributed by atoms with Crippen LogP contribution in [0.3, 0.4) is 0 Å². The Hall–Kier alpha value is -3.32. The molecule has 4 rings (SSSR count). The van der Waals surface area contributed by atoms with Gasteiger partial charge in [0.2, 0.25) is 5.55 Å². The molecule has 1 aliphatic rings. The van der Waals surface area contributed by atoms with Crippen LogP contribution in [0.4, 0.5) is 5.69 Å². The molecule has 30 heavy (non-hydrogen) atoms. The molecule has 1 fully saturated rings. The van der Waals surface area contributed by atoms with Gasteiger partial charge in [0.15, 0.2) is 11.3 Å². The number of methoxy groups -OCH3 is 2. The van der Waals surface area contributed by atoms with Crippen LogP contribution in [0.25, 0.3) is 11.0 Å². The molecule has 0 aliphatic carbocycles. The maximum atomic E-state index is 13.0. The van der Waals surface area contributed by atoms with E-state index in [1.165, 1.54) is 0 Å². The molecule has 0 unspecified atom stereocenters. The first kappa shape index (κ1) is 20.0. The number of ether oxygens (including phenoxy) is 3. The summed E-state index contributed by atoms with van der Waals surface area (Å²) < 4.78 is 22.5. The van der Waals surface area contributed by atoms with Crippen molar-refractivity contribution in [1.29, 1.82) is 0 Å². The number of benzene rings is 2. The maximum Gasteiger partial charge on any atom is 0.256 e. The van der Waals surface area contributed by atoms with E-state index in [1.54, 1.807) is 38.5 Å². The third-order valence-electron chi connectivity index (χ3n) is 5.02. The number of amides is 1. The van der Waals surface area contributed by atoms with Crippen LogP contribution in [0.2, 0.25) is 0 Å². The Bertz CT molecular complexity index is 1120. The number of hydrogen-bond acceptors (Lipinski definition) is 6. The van der Waals surface area contributed by atoms with Crippen molar-refractivity contribution in [3.05, 3.63) is 59.6 Å². The Morgan fingerprint density at radius 1 is 1.13 bits per heavy atom. The molecule has 1 atom stereocenters. The van der Waals surface area contributed by atoms with E-state index >= 15 is 0 Å². The molecule has 1 aliphatic heterocycles. The van der Waals surface area contributed by atoms with Gasteiger partial charge in [0.05, 0.1) is 20.3 Å². The van der Waals surface area contributed by atoms with Crippen LogP contribution in [0.5, 0.6) is 11.5 Å². The molecular formula is C23H24N2O5. The number of rotatable bonds is 6. The summed E-state index contributed by atoms with van der Waals surface area (Å²) in [5.41, 5.74) is 1.59. The van der Waals surface area contributed by atoms with Crippen molar-refractivity contribution in [1.82, 2.24) is 5.32 Å². The molecule has 0 spiro atoms. The van der Waals surface area contributed by atoms with E-state index < -0.39 is 0 Å². The van der Waals surface area contributed by atoms with E-state index in [0.717, 1.165) is 24.8 Å². The van der Waals surface area contributed by atoms with Gasteiger partial charge in [-0.15, -0.1) is 0 Å². The third-order valence-corrected chi connectivity index (χ3v) is 5.02. The average molecular weight is 408 g/mol. The maximum absolute atomic E-state index is 13.0. The second-order valence-corrected chi connectivity index (χ2v) is 6.97. The van der Waals surface area contributed by atoms with Gasteiger partial charge in [-0.25, -0.2) is 4.99 Å². The van der Waals surface area contributed by atoms with Crippen molar-refractivity contribution in [2.24, 2.45) is 4.99 Å². The van der Waals surface area contributed by atoms with Gasteiger partial charge in [0.1, 0.15) is 17.0 Å². The number of fused-ring (bicyclic) bond motifs is 1. The normalized spacial score (nSPS) is 16.6. The van der Waals surface area contributed by atoms with Crippen LogP contribution in [0.1, 0.15) is 23.2 Å². The van der Waals surface area contributed by atoms with E-state index in [4.69, 9.17) is 18.6 Å². The van der Waals surface area contributed by atoms with Crippen LogP contribution in [0.15, 0.2) is 57.9 Å². The highest BCUT2D eigenvalue weighted by atomic mass is 16.5. The number of nitrogens with zero attached hydrogens (tertiary/aromatic N) is 1. The van der Waals surface area contributed by atoms with Crippen molar-refractivity contribution in [2.75, 3.05) is 27.4 Å². The lowest BCUT2D eigenvalue weighted by atomic mass is 10.1. The third kappa shape index (κ3) is 4.16. The molecule has 0 radical (unpaired) electrons. The summed E-state index contributed by atoms with van der Waals surface area (Å²) in [6, 6.07) is 14.6. The number of para-hydroxylation sites is 3. The van der Waals surface area contributed by atoms with Gasteiger partial charge in [0.25, 0.3) is 5.91 Å². The largest absolute Gasteiger partial charge is 0.494 e. The second-order valence-electron chi connectivity index (χ2n) is 6.97. The minimum absolute atomic E-state index is 0.0426. The minimum atomic E-state index is -0.271. The summed E-state index contributed by atoms with van der Waals surface area (Å²) in [7, 11) is 3.15. The monoisotopic (exact) mass is 408 g/mol.